The van der Waals surface area contributed by atoms with Gasteiger partial charge in [0.25, 0.3) is 0 Å². The summed E-state index contributed by atoms with van der Waals surface area (Å²) >= 11 is 3.62. The maximum Gasteiger partial charge on any atom is 0.133 e. The van der Waals surface area contributed by atoms with E-state index < -0.39 is 0 Å². The van der Waals surface area contributed by atoms with Crippen molar-refractivity contribution >= 4 is 15.9 Å². The van der Waals surface area contributed by atoms with Gasteiger partial charge in [0.2, 0.25) is 0 Å². The van der Waals surface area contributed by atoms with Crippen molar-refractivity contribution in [3.63, 3.8) is 0 Å². The smallest absolute Gasteiger partial charge is 0.133 e. The van der Waals surface area contributed by atoms with Crippen LogP contribution < -0.4 is 10.1 Å². The summed E-state index contributed by atoms with van der Waals surface area (Å²) in [6.45, 7) is 12.2. The monoisotopic (exact) mass is 339 g/mol. The molecule has 0 radical (unpaired) electrons. The van der Waals surface area contributed by atoms with Crippen molar-refractivity contribution in [2.45, 2.75) is 40.7 Å². The van der Waals surface area contributed by atoms with Crippen molar-refractivity contribution in [3.8, 4) is 5.75 Å². The summed E-state index contributed by atoms with van der Waals surface area (Å²) in [5.41, 5.74) is 2.06. The first-order valence-electron chi connectivity index (χ1n) is 7.36. The topological polar surface area (TPSA) is 21.3 Å². The average molecular weight is 340 g/mol. The van der Waals surface area contributed by atoms with Gasteiger partial charge in [-0.2, -0.15) is 0 Å². The number of halogens is 1. The van der Waals surface area contributed by atoms with Crippen LogP contribution in [0.15, 0.2) is 22.7 Å². The summed E-state index contributed by atoms with van der Waals surface area (Å²) in [7, 11) is 2.06. The molecule has 20 heavy (non-hydrogen) atoms. The Morgan fingerprint density at radius 2 is 1.85 bits per heavy atom. The molecule has 2 rings (SSSR count). The van der Waals surface area contributed by atoms with E-state index in [0.29, 0.717) is 29.4 Å². The van der Waals surface area contributed by atoms with E-state index in [1.54, 1.807) is 0 Å². The minimum absolute atomic E-state index is 0.367. The maximum atomic E-state index is 5.60. The van der Waals surface area contributed by atoms with E-state index >= 15 is 0 Å². The molecule has 0 aromatic heterocycles. The molecule has 1 aromatic rings. The van der Waals surface area contributed by atoms with E-state index in [1.807, 2.05) is 6.92 Å². The molecule has 112 valence electrons. The second kappa shape index (κ2) is 5.34. The molecule has 0 bridgehead atoms. The van der Waals surface area contributed by atoms with Gasteiger partial charge in [-0.1, -0.05) is 33.8 Å². The summed E-state index contributed by atoms with van der Waals surface area (Å²) in [4.78, 5) is 0. The molecule has 3 heteroatoms. The Bertz CT molecular complexity index is 482. The van der Waals surface area contributed by atoms with E-state index in [1.165, 1.54) is 5.56 Å². The second-order valence-corrected chi connectivity index (χ2v) is 7.66. The molecule has 1 saturated carbocycles. The fourth-order valence-electron chi connectivity index (χ4n) is 3.59. The summed E-state index contributed by atoms with van der Waals surface area (Å²) in [6, 6.07) is 6.82. The number of ether oxygens (including phenoxy) is 1. The Morgan fingerprint density at radius 1 is 1.25 bits per heavy atom. The Kier molecular flexibility index (Phi) is 4.23. The van der Waals surface area contributed by atoms with Gasteiger partial charge in [0.1, 0.15) is 5.75 Å². The molecule has 0 spiro atoms. The van der Waals surface area contributed by atoms with E-state index in [-0.39, 0.29) is 0 Å². The van der Waals surface area contributed by atoms with Gasteiger partial charge in [-0.25, -0.2) is 0 Å². The van der Waals surface area contributed by atoms with Crippen LogP contribution in [0.5, 0.6) is 5.75 Å². The molecule has 1 aliphatic rings. The van der Waals surface area contributed by atoms with Crippen molar-refractivity contribution in [1.29, 1.82) is 0 Å². The Hall–Kier alpha value is -0.540. The van der Waals surface area contributed by atoms with Gasteiger partial charge in [0.05, 0.1) is 11.1 Å². The van der Waals surface area contributed by atoms with Crippen LogP contribution in [0.2, 0.25) is 0 Å². The number of benzene rings is 1. The Balaban J connectivity index is 2.28. The molecule has 1 atom stereocenters. The maximum absolute atomic E-state index is 5.60. The van der Waals surface area contributed by atoms with Crippen LogP contribution in [-0.4, -0.2) is 13.7 Å². The highest BCUT2D eigenvalue weighted by Gasteiger charge is 2.67. The summed E-state index contributed by atoms with van der Waals surface area (Å²) in [5, 5.41) is 3.51. The largest absolute Gasteiger partial charge is 0.493 e. The molecular formula is C17H26BrNO. The van der Waals surface area contributed by atoms with Gasteiger partial charge in [0.15, 0.2) is 0 Å². The number of hydrogen-bond acceptors (Lipinski definition) is 2. The van der Waals surface area contributed by atoms with Crippen molar-refractivity contribution in [2.75, 3.05) is 13.7 Å². The third-order valence-corrected chi connectivity index (χ3v) is 6.01. The standard InChI is InChI=1S/C17H26BrNO/c1-7-20-13-9-8-11(10-12(13)18)14(19-6)15-16(2,3)17(15,4)5/h8-10,14-15,19H,7H2,1-6H3. The van der Waals surface area contributed by atoms with Crippen LogP contribution >= 0.6 is 15.9 Å². The minimum atomic E-state index is 0.367. The average Bonchev–Trinajstić information content (AvgIpc) is 2.76. The van der Waals surface area contributed by atoms with Crippen LogP contribution in [0, 0.1) is 16.7 Å². The molecular weight excluding hydrogens is 314 g/mol. The lowest BCUT2D eigenvalue weighted by molar-refractivity contribution is 0.337. The zero-order valence-electron chi connectivity index (χ0n) is 13.4. The fourth-order valence-corrected chi connectivity index (χ4v) is 4.10. The summed E-state index contributed by atoms with van der Waals surface area (Å²) in [6.07, 6.45) is 0. The first-order valence-corrected chi connectivity index (χ1v) is 8.16. The molecule has 1 aliphatic carbocycles. The first kappa shape index (κ1) is 15.8. The highest BCUT2D eigenvalue weighted by atomic mass is 79.9. The predicted octanol–water partition coefficient (Wildman–Crippen LogP) is 4.79. The molecule has 1 aromatic carbocycles. The van der Waals surface area contributed by atoms with Gasteiger partial charge >= 0.3 is 0 Å². The lowest BCUT2D eigenvalue weighted by Crippen LogP contribution is -2.21. The third-order valence-electron chi connectivity index (χ3n) is 5.39. The van der Waals surface area contributed by atoms with Crippen molar-refractivity contribution in [3.05, 3.63) is 28.2 Å². The molecule has 0 aliphatic heterocycles. The van der Waals surface area contributed by atoms with Gasteiger partial charge in [-0.3, -0.25) is 0 Å². The van der Waals surface area contributed by atoms with Crippen molar-refractivity contribution in [1.82, 2.24) is 5.32 Å². The van der Waals surface area contributed by atoms with Crippen molar-refractivity contribution < 1.29 is 4.74 Å². The first-order chi connectivity index (χ1) is 9.27. The van der Waals surface area contributed by atoms with Gasteiger partial charge in [-0.15, -0.1) is 0 Å². The van der Waals surface area contributed by atoms with E-state index in [0.717, 1.165) is 10.2 Å². The summed E-state index contributed by atoms with van der Waals surface area (Å²) < 4.78 is 6.63. The van der Waals surface area contributed by atoms with Gasteiger partial charge in [-0.05, 0) is 64.3 Å². The molecule has 0 heterocycles. The highest BCUT2D eigenvalue weighted by Crippen LogP contribution is 2.72. The van der Waals surface area contributed by atoms with E-state index in [9.17, 15) is 0 Å². The molecule has 1 fully saturated rings. The lowest BCUT2D eigenvalue weighted by atomic mass is 9.96. The SMILES string of the molecule is CCOc1ccc(C(NC)C2C(C)(C)C2(C)C)cc1Br. The normalized spacial score (nSPS) is 21.6. The molecule has 2 nitrogen and oxygen atoms in total. The molecule has 1 N–H and O–H groups in total. The zero-order valence-corrected chi connectivity index (χ0v) is 15.0. The number of hydrogen-bond donors (Lipinski definition) is 1. The fraction of sp³-hybridized carbons (Fsp3) is 0.647. The highest BCUT2D eigenvalue weighted by molar-refractivity contribution is 9.10. The minimum Gasteiger partial charge on any atom is -0.493 e. The van der Waals surface area contributed by atoms with E-state index in [4.69, 9.17) is 4.74 Å². The summed E-state index contributed by atoms with van der Waals surface area (Å²) in [5.74, 6) is 1.56. The van der Waals surface area contributed by atoms with Crippen molar-refractivity contribution in [2.24, 2.45) is 16.7 Å². The molecule has 1 unspecified atom stereocenters. The van der Waals surface area contributed by atoms with Gasteiger partial charge < -0.3 is 10.1 Å². The van der Waals surface area contributed by atoms with E-state index in [2.05, 4.69) is 74.2 Å². The third kappa shape index (κ3) is 2.39. The Morgan fingerprint density at radius 3 is 2.25 bits per heavy atom. The Labute approximate surface area is 131 Å². The lowest BCUT2D eigenvalue weighted by Gasteiger charge is -2.20. The van der Waals surface area contributed by atoms with Crippen LogP contribution in [-0.2, 0) is 0 Å². The second-order valence-electron chi connectivity index (χ2n) is 6.81. The number of nitrogens with one attached hydrogen (secondary N) is 1. The van der Waals surface area contributed by atoms with Crippen LogP contribution in [0.3, 0.4) is 0 Å². The van der Waals surface area contributed by atoms with Crippen LogP contribution in [0.25, 0.3) is 0 Å². The predicted molar refractivity (Wildman–Crippen MR) is 88.2 cm³/mol. The quantitative estimate of drug-likeness (QED) is 0.832. The molecule has 0 saturated heterocycles. The molecule has 0 amide bonds. The number of rotatable bonds is 5. The van der Waals surface area contributed by atoms with Crippen LogP contribution in [0.4, 0.5) is 0 Å². The van der Waals surface area contributed by atoms with Gasteiger partial charge in [0, 0.05) is 6.04 Å². The zero-order chi connectivity index (χ0) is 15.1. The van der Waals surface area contributed by atoms with Crippen LogP contribution in [0.1, 0.15) is 46.2 Å².